The average molecular weight is 284 g/mol. The zero-order valence-electron chi connectivity index (χ0n) is 11.8. The summed E-state index contributed by atoms with van der Waals surface area (Å²) in [5.41, 5.74) is 0. The first-order valence-corrected chi connectivity index (χ1v) is 8.06. The van der Waals surface area contributed by atoms with Crippen molar-refractivity contribution in [2.24, 2.45) is 0 Å². The van der Waals surface area contributed by atoms with E-state index in [4.69, 9.17) is 5.26 Å². The summed E-state index contributed by atoms with van der Waals surface area (Å²) < 4.78 is 0. The molecule has 2 rings (SSSR count). The van der Waals surface area contributed by atoms with Crippen LogP contribution < -0.4 is 5.32 Å². The van der Waals surface area contributed by atoms with Crippen LogP contribution in [-0.4, -0.2) is 18.3 Å². The van der Waals surface area contributed by atoms with Gasteiger partial charge in [0.15, 0.2) is 0 Å². The Balaban J connectivity index is 1.87. The lowest BCUT2D eigenvalue weighted by atomic mass is 10.1. The van der Waals surface area contributed by atoms with E-state index in [9.17, 15) is 0 Å². The van der Waals surface area contributed by atoms with Crippen molar-refractivity contribution < 1.29 is 0 Å². The lowest BCUT2D eigenvalue weighted by molar-refractivity contribution is 0.585. The van der Waals surface area contributed by atoms with Crippen LogP contribution in [0.1, 0.15) is 19.8 Å². The summed E-state index contributed by atoms with van der Waals surface area (Å²) in [6, 6.07) is 17.2. The molecule has 1 N–H and O–H groups in total. The van der Waals surface area contributed by atoms with Crippen molar-refractivity contribution in [1.29, 1.82) is 5.26 Å². The van der Waals surface area contributed by atoms with E-state index in [1.165, 1.54) is 15.7 Å². The summed E-state index contributed by atoms with van der Waals surface area (Å²) in [5.74, 6) is 0.966. The first kappa shape index (κ1) is 14.9. The van der Waals surface area contributed by atoms with Gasteiger partial charge in [-0.25, -0.2) is 0 Å². The van der Waals surface area contributed by atoms with Crippen molar-refractivity contribution >= 4 is 22.5 Å². The number of nitriles is 1. The normalized spacial score (nSPS) is 12.2. The third kappa shape index (κ3) is 4.26. The molecule has 2 aromatic carbocycles. The first-order chi connectivity index (χ1) is 9.83. The minimum atomic E-state index is -0.0251. The number of hydrogen-bond acceptors (Lipinski definition) is 3. The van der Waals surface area contributed by atoms with Gasteiger partial charge in [0.25, 0.3) is 0 Å². The maximum atomic E-state index is 9.07. The molecular formula is C17H20N2S. The quantitative estimate of drug-likeness (QED) is 0.773. The fraction of sp³-hybridized carbons (Fsp3) is 0.353. The number of benzene rings is 2. The zero-order valence-corrected chi connectivity index (χ0v) is 12.6. The Morgan fingerprint density at radius 2 is 2.00 bits per heavy atom. The molecule has 20 heavy (non-hydrogen) atoms. The predicted molar refractivity (Wildman–Crippen MR) is 87.0 cm³/mol. The molecule has 1 atom stereocenters. The van der Waals surface area contributed by atoms with Gasteiger partial charge in [-0.15, -0.1) is 11.8 Å². The minimum absolute atomic E-state index is 0.0251. The van der Waals surface area contributed by atoms with Crippen molar-refractivity contribution in [2.45, 2.75) is 30.7 Å². The lowest BCUT2D eigenvalue weighted by Crippen LogP contribution is -2.28. The highest BCUT2D eigenvalue weighted by atomic mass is 32.2. The van der Waals surface area contributed by atoms with E-state index in [2.05, 4.69) is 60.8 Å². The van der Waals surface area contributed by atoms with Crippen LogP contribution in [0.3, 0.4) is 0 Å². The van der Waals surface area contributed by atoms with E-state index in [0.29, 0.717) is 0 Å². The summed E-state index contributed by atoms with van der Waals surface area (Å²) >= 11 is 1.82. The molecule has 0 amide bonds. The molecule has 3 heteroatoms. The highest BCUT2D eigenvalue weighted by molar-refractivity contribution is 7.99. The van der Waals surface area contributed by atoms with E-state index in [1.54, 1.807) is 0 Å². The van der Waals surface area contributed by atoms with Crippen LogP contribution in [-0.2, 0) is 0 Å². The van der Waals surface area contributed by atoms with Gasteiger partial charge in [0.1, 0.15) is 0 Å². The van der Waals surface area contributed by atoms with Gasteiger partial charge < -0.3 is 5.32 Å². The van der Waals surface area contributed by atoms with Gasteiger partial charge >= 0.3 is 0 Å². The Bertz CT molecular complexity index is 589. The van der Waals surface area contributed by atoms with Gasteiger partial charge in [-0.2, -0.15) is 5.26 Å². The SMILES string of the molecule is CCCNC(C#N)CCSc1ccc2ccccc2c1. The molecule has 0 spiro atoms. The Hall–Kier alpha value is -1.50. The highest BCUT2D eigenvalue weighted by Gasteiger charge is 2.06. The molecule has 2 aromatic rings. The maximum Gasteiger partial charge on any atom is 0.0961 e. The van der Waals surface area contributed by atoms with Gasteiger partial charge in [0, 0.05) is 10.6 Å². The van der Waals surface area contributed by atoms with Crippen LogP contribution in [0.4, 0.5) is 0 Å². The number of nitrogens with one attached hydrogen (secondary N) is 1. The first-order valence-electron chi connectivity index (χ1n) is 7.08. The van der Waals surface area contributed by atoms with Gasteiger partial charge in [0.05, 0.1) is 12.1 Å². The van der Waals surface area contributed by atoms with E-state index in [0.717, 1.165) is 25.1 Å². The maximum absolute atomic E-state index is 9.07. The molecule has 0 aliphatic heterocycles. The van der Waals surface area contributed by atoms with Crippen LogP contribution in [0.5, 0.6) is 0 Å². The summed E-state index contributed by atoms with van der Waals surface area (Å²) in [6.07, 6.45) is 1.95. The molecule has 0 saturated carbocycles. The second kappa shape index (κ2) is 7.94. The van der Waals surface area contributed by atoms with Crippen LogP contribution in [0, 0.1) is 11.3 Å². The molecule has 104 valence electrons. The van der Waals surface area contributed by atoms with E-state index in [1.807, 2.05) is 11.8 Å². The third-order valence-electron chi connectivity index (χ3n) is 3.19. The summed E-state index contributed by atoms with van der Waals surface area (Å²) in [6.45, 7) is 3.03. The van der Waals surface area contributed by atoms with Crippen LogP contribution in [0.2, 0.25) is 0 Å². The molecule has 0 aliphatic carbocycles. The van der Waals surface area contributed by atoms with Gasteiger partial charge in [-0.3, -0.25) is 0 Å². The van der Waals surface area contributed by atoms with Gasteiger partial charge in [0.2, 0.25) is 0 Å². The Kier molecular flexibility index (Phi) is 5.91. The van der Waals surface area contributed by atoms with Crippen LogP contribution in [0.25, 0.3) is 10.8 Å². The summed E-state index contributed by atoms with van der Waals surface area (Å²) in [7, 11) is 0. The van der Waals surface area contributed by atoms with E-state index in [-0.39, 0.29) is 6.04 Å². The van der Waals surface area contributed by atoms with Crippen molar-refractivity contribution in [1.82, 2.24) is 5.32 Å². The molecule has 0 radical (unpaired) electrons. The van der Waals surface area contributed by atoms with Crippen LogP contribution >= 0.6 is 11.8 Å². The highest BCUT2D eigenvalue weighted by Crippen LogP contribution is 2.24. The van der Waals surface area contributed by atoms with Crippen molar-refractivity contribution in [3.05, 3.63) is 42.5 Å². The monoisotopic (exact) mass is 284 g/mol. The zero-order chi connectivity index (χ0) is 14.2. The minimum Gasteiger partial charge on any atom is -0.302 e. The third-order valence-corrected chi connectivity index (χ3v) is 4.22. The van der Waals surface area contributed by atoms with Crippen molar-refractivity contribution in [3.63, 3.8) is 0 Å². The second-order valence-electron chi connectivity index (χ2n) is 4.78. The molecule has 0 heterocycles. The molecule has 0 aromatic heterocycles. The molecule has 0 saturated heterocycles. The summed E-state index contributed by atoms with van der Waals surface area (Å²) in [4.78, 5) is 1.27. The molecule has 0 bridgehead atoms. The van der Waals surface area contributed by atoms with Crippen LogP contribution in [0.15, 0.2) is 47.4 Å². The number of rotatable bonds is 7. The fourth-order valence-electron chi connectivity index (χ4n) is 2.08. The number of thioether (sulfide) groups is 1. The molecular weight excluding hydrogens is 264 g/mol. The second-order valence-corrected chi connectivity index (χ2v) is 5.95. The van der Waals surface area contributed by atoms with E-state index >= 15 is 0 Å². The molecule has 2 nitrogen and oxygen atoms in total. The Labute approximate surface area is 125 Å². The van der Waals surface area contributed by atoms with Gasteiger partial charge in [-0.1, -0.05) is 37.3 Å². The number of fused-ring (bicyclic) bond motifs is 1. The molecule has 1 unspecified atom stereocenters. The fourth-order valence-corrected chi connectivity index (χ4v) is 3.05. The average Bonchev–Trinajstić information content (AvgIpc) is 2.50. The standard InChI is InChI=1S/C17H20N2S/c1-2-10-19-16(13-18)9-11-20-17-8-7-14-5-3-4-6-15(14)12-17/h3-8,12,16,19H,2,9-11H2,1H3. The van der Waals surface area contributed by atoms with E-state index < -0.39 is 0 Å². The molecule has 0 fully saturated rings. The Morgan fingerprint density at radius 3 is 2.75 bits per heavy atom. The van der Waals surface area contributed by atoms with Crippen molar-refractivity contribution in [3.8, 4) is 6.07 Å². The van der Waals surface area contributed by atoms with Gasteiger partial charge in [-0.05, 0) is 42.3 Å². The topological polar surface area (TPSA) is 35.8 Å². The van der Waals surface area contributed by atoms with Crippen molar-refractivity contribution in [2.75, 3.05) is 12.3 Å². The number of nitrogens with zero attached hydrogens (tertiary/aromatic N) is 1. The Morgan fingerprint density at radius 1 is 1.20 bits per heavy atom. The smallest absolute Gasteiger partial charge is 0.0961 e. The number of hydrogen-bond donors (Lipinski definition) is 1. The predicted octanol–water partition coefficient (Wildman–Crippen LogP) is 4.21. The molecule has 0 aliphatic rings. The lowest BCUT2D eigenvalue weighted by Gasteiger charge is -2.10. The summed E-state index contributed by atoms with van der Waals surface area (Å²) in [5, 5.41) is 14.9. The largest absolute Gasteiger partial charge is 0.302 e.